The Bertz CT molecular complexity index is 925. The van der Waals surface area contributed by atoms with Crippen molar-refractivity contribution in [1.82, 2.24) is 9.88 Å². The van der Waals surface area contributed by atoms with Crippen molar-refractivity contribution < 1.29 is 5.11 Å². The van der Waals surface area contributed by atoms with Crippen LogP contribution in [0.4, 0.5) is 5.82 Å². The monoisotopic (exact) mass is 361 g/mol. The first-order valence-electron chi connectivity index (χ1n) is 9.25. The Labute approximate surface area is 159 Å². The van der Waals surface area contributed by atoms with E-state index in [1.807, 2.05) is 0 Å². The van der Waals surface area contributed by atoms with Crippen molar-refractivity contribution in [3.05, 3.63) is 41.1 Å². The van der Waals surface area contributed by atoms with E-state index in [4.69, 9.17) is 5.73 Å². The number of likely N-dealkylation sites (tertiary alicyclic amines) is 1. The molecular formula is C21H23N5O. The molecule has 0 spiro atoms. The van der Waals surface area contributed by atoms with Gasteiger partial charge in [0.05, 0.1) is 11.3 Å². The minimum absolute atomic E-state index is 0.0711. The normalized spacial score (nSPS) is 16.8. The van der Waals surface area contributed by atoms with Gasteiger partial charge in [0.1, 0.15) is 29.3 Å². The van der Waals surface area contributed by atoms with Gasteiger partial charge in [0.25, 0.3) is 0 Å². The van der Waals surface area contributed by atoms with Gasteiger partial charge in [0, 0.05) is 11.6 Å². The molecule has 0 bridgehead atoms. The molecule has 1 aliphatic rings. The van der Waals surface area contributed by atoms with Crippen LogP contribution in [-0.4, -0.2) is 34.1 Å². The Morgan fingerprint density at radius 3 is 2.74 bits per heavy atom. The van der Waals surface area contributed by atoms with Gasteiger partial charge >= 0.3 is 0 Å². The molecule has 1 unspecified atom stereocenters. The van der Waals surface area contributed by atoms with E-state index < -0.39 is 0 Å². The molecule has 0 aliphatic carbocycles. The summed E-state index contributed by atoms with van der Waals surface area (Å²) in [5.41, 5.74) is 8.27. The number of nitrogen functional groups attached to an aromatic ring is 1. The lowest BCUT2D eigenvalue weighted by Gasteiger charge is -2.23. The van der Waals surface area contributed by atoms with Crippen molar-refractivity contribution in [2.45, 2.75) is 38.6 Å². The standard InChI is InChI=1S/C21H23N5O/c1-2-26-10-4-6-15(26)8-9-19-17(12-22)20(18(13-23)21(24)25-19)14-5-3-7-16(27)11-14/h3,5,7,11,15,27H,2,4,6,8-10H2,1H3,(H2,24,25). The number of aryl methyl sites for hydroxylation is 1. The molecule has 0 saturated carbocycles. The van der Waals surface area contributed by atoms with Crippen LogP contribution in [0.1, 0.15) is 43.0 Å². The highest BCUT2D eigenvalue weighted by Gasteiger charge is 2.25. The van der Waals surface area contributed by atoms with E-state index in [1.165, 1.54) is 12.5 Å². The number of aromatic hydroxyl groups is 1. The van der Waals surface area contributed by atoms with Crippen molar-refractivity contribution in [2.24, 2.45) is 0 Å². The van der Waals surface area contributed by atoms with Crippen LogP contribution in [0.5, 0.6) is 5.75 Å². The van der Waals surface area contributed by atoms with E-state index in [0.717, 1.165) is 25.9 Å². The lowest BCUT2D eigenvalue weighted by atomic mass is 9.92. The number of hydrogen-bond donors (Lipinski definition) is 2. The van der Waals surface area contributed by atoms with Gasteiger partial charge < -0.3 is 15.7 Å². The van der Waals surface area contributed by atoms with Crippen molar-refractivity contribution in [3.8, 4) is 29.0 Å². The minimum Gasteiger partial charge on any atom is -0.508 e. The average Bonchev–Trinajstić information content (AvgIpc) is 3.13. The number of pyridine rings is 1. The lowest BCUT2D eigenvalue weighted by molar-refractivity contribution is 0.255. The third-order valence-electron chi connectivity index (χ3n) is 5.28. The molecular weight excluding hydrogens is 338 g/mol. The molecule has 3 rings (SSSR count). The summed E-state index contributed by atoms with van der Waals surface area (Å²) in [5.74, 6) is 0.199. The van der Waals surface area contributed by atoms with Gasteiger partial charge in [0.15, 0.2) is 0 Å². The average molecular weight is 361 g/mol. The molecule has 27 heavy (non-hydrogen) atoms. The Morgan fingerprint density at radius 1 is 1.30 bits per heavy atom. The predicted octanol–water partition coefficient (Wildman–Crippen LogP) is 3.20. The summed E-state index contributed by atoms with van der Waals surface area (Å²) in [4.78, 5) is 6.84. The Kier molecular flexibility index (Phi) is 5.59. The summed E-state index contributed by atoms with van der Waals surface area (Å²) in [6, 6.07) is 11.3. The molecule has 2 heterocycles. The molecule has 6 nitrogen and oxygen atoms in total. The fourth-order valence-electron chi connectivity index (χ4n) is 3.96. The maximum Gasteiger partial charge on any atom is 0.142 e. The van der Waals surface area contributed by atoms with Gasteiger partial charge in [-0.25, -0.2) is 4.98 Å². The first-order valence-corrected chi connectivity index (χ1v) is 9.25. The van der Waals surface area contributed by atoms with Crippen LogP contribution in [-0.2, 0) is 6.42 Å². The maximum atomic E-state index is 9.83. The maximum absolute atomic E-state index is 9.83. The van der Waals surface area contributed by atoms with E-state index in [9.17, 15) is 15.6 Å². The number of aromatic nitrogens is 1. The number of nitriles is 2. The van der Waals surface area contributed by atoms with Gasteiger partial charge in [-0.15, -0.1) is 0 Å². The van der Waals surface area contributed by atoms with Crippen LogP contribution >= 0.6 is 0 Å². The molecule has 0 amide bonds. The van der Waals surface area contributed by atoms with E-state index in [0.29, 0.717) is 34.8 Å². The van der Waals surface area contributed by atoms with Crippen molar-refractivity contribution in [2.75, 3.05) is 18.8 Å². The zero-order chi connectivity index (χ0) is 19.4. The topological polar surface area (TPSA) is 110 Å². The number of anilines is 1. The number of rotatable bonds is 5. The van der Waals surface area contributed by atoms with E-state index in [2.05, 4.69) is 28.9 Å². The zero-order valence-corrected chi connectivity index (χ0v) is 15.4. The Balaban J connectivity index is 2.03. The van der Waals surface area contributed by atoms with Gasteiger partial charge in [0.2, 0.25) is 0 Å². The summed E-state index contributed by atoms with van der Waals surface area (Å²) in [5, 5.41) is 29.2. The third kappa shape index (κ3) is 3.72. The predicted molar refractivity (Wildman–Crippen MR) is 104 cm³/mol. The van der Waals surface area contributed by atoms with Crippen molar-refractivity contribution in [3.63, 3.8) is 0 Å². The highest BCUT2D eigenvalue weighted by atomic mass is 16.3. The number of phenols is 1. The van der Waals surface area contributed by atoms with Crippen LogP contribution in [0.2, 0.25) is 0 Å². The number of nitrogens with two attached hydrogens (primary N) is 1. The Hall–Kier alpha value is -3.09. The van der Waals surface area contributed by atoms with E-state index in [-0.39, 0.29) is 17.1 Å². The number of benzene rings is 1. The molecule has 1 aromatic heterocycles. The second kappa shape index (κ2) is 8.07. The van der Waals surface area contributed by atoms with Crippen LogP contribution in [0, 0.1) is 22.7 Å². The largest absolute Gasteiger partial charge is 0.508 e. The Morgan fingerprint density at radius 2 is 2.07 bits per heavy atom. The second-order valence-corrected chi connectivity index (χ2v) is 6.81. The summed E-state index contributed by atoms with van der Waals surface area (Å²) < 4.78 is 0. The molecule has 2 aromatic rings. The fourth-order valence-corrected chi connectivity index (χ4v) is 3.96. The highest BCUT2D eigenvalue weighted by Crippen LogP contribution is 2.34. The third-order valence-corrected chi connectivity index (χ3v) is 5.28. The molecule has 6 heteroatoms. The SMILES string of the molecule is CCN1CCCC1CCc1nc(N)c(C#N)c(-c2cccc(O)c2)c1C#N. The van der Waals surface area contributed by atoms with Crippen molar-refractivity contribution in [1.29, 1.82) is 10.5 Å². The summed E-state index contributed by atoms with van der Waals surface area (Å²) in [7, 11) is 0. The van der Waals surface area contributed by atoms with Crippen LogP contribution in [0.3, 0.4) is 0 Å². The minimum atomic E-state index is 0.0711. The van der Waals surface area contributed by atoms with Gasteiger partial charge in [-0.2, -0.15) is 10.5 Å². The van der Waals surface area contributed by atoms with Crippen LogP contribution in [0.15, 0.2) is 24.3 Å². The zero-order valence-electron chi connectivity index (χ0n) is 15.4. The molecule has 138 valence electrons. The molecule has 1 aromatic carbocycles. The van der Waals surface area contributed by atoms with Gasteiger partial charge in [-0.05, 0) is 56.5 Å². The highest BCUT2D eigenvalue weighted by molar-refractivity contribution is 5.81. The molecule has 1 saturated heterocycles. The smallest absolute Gasteiger partial charge is 0.142 e. The number of hydrogen-bond acceptors (Lipinski definition) is 6. The number of phenolic OH excluding ortho intramolecular Hbond substituents is 1. The molecule has 1 atom stereocenters. The van der Waals surface area contributed by atoms with Gasteiger partial charge in [-0.1, -0.05) is 19.1 Å². The molecule has 0 radical (unpaired) electrons. The lowest BCUT2D eigenvalue weighted by Crippen LogP contribution is -2.29. The summed E-state index contributed by atoms with van der Waals surface area (Å²) >= 11 is 0. The second-order valence-electron chi connectivity index (χ2n) is 6.81. The van der Waals surface area contributed by atoms with Crippen LogP contribution < -0.4 is 5.73 Å². The molecule has 3 N–H and O–H groups in total. The first kappa shape index (κ1) is 18.7. The molecule has 1 aliphatic heterocycles. The van der Waals surface area contributed by atoms with Crippen molar-refractivity contribution >= 4 is 5.82 Å². The van der Waals surface area contributed by atoms with Crippen LogP contribution in [0.25, 0.3) is 11.1 Å². The van der Waals surface area contributed by atoms with Gasteiger partial charge in [-0.3, -0.25) is 0 Å². The molecule has 1 fully saturated rings. The van der Waals surface area contributed by atoms with E-state index >= 15 is 0 Å². The van der Waals surface area contributed by atoms with E-state index in [1.54, 1.807) is 18.2 Å². The quantitative estimate of drug-likeness (QED) is 0.846. The summed E-state index contributed by atoms with van der Waals surface area (Å²) in [6.07, 6.45) is 3.88. The first-order chi connectivity index (χ1) is 13.1. The summed E-state index contributed by atoms with van der Waals surface area (Å²) in [6.45, 7) is 4.30. The fraction of sp³-hybridized carbons (Fsp3) is 0.381. The number of nitrogens with zero attached hydrogens (tertiary/aromatic N) is 4.